The molecule has 1 heterocycles. The Bertz CT molecular complexity index is 752. The topological polar surface area (TPSA) is 35.0 Å². The van der Waals surface area contributed by atoms with Gasteiger partial charge in [-0.3, -0.25) is 0 Å². The van der Waals surface area contributed by atoms with Gasteiger partial charge in [0.05, 0.1) is 0 Å². The van der Waals surface area contributed by atoms with Crippen molar-refractivity contribution in [1.29, 1.82) is 0 Å². The molecular formula is C29H44F2N2O. The molecule has 2 rings (SSSR count). The van der Waals surface area contributed by atoms with E-state index in [1.54, 1.807) is 12.4 Å². The zero-order valence-electron chi connectivity index (χ0n) is 21.3. The van der Waals surface area contributed by atoms with Gasteiger partial charge in [-0.25, -0.2) is 18.7 Å². The lowest BCUT2D eigenvalue weighted by molar-refractivity contribution is 0.184. The number of hydrogen-bond acceptors (Lipinski definition) is 3. The predicted molar refractivity (Wildman–Crippen MR) is 138 cm³/mol. The molecule has 34 heavy (non-hydrogen) atoms. The van der Waals surface area contributed by atoms with Crippen LogP contribution in [0.15, 0.2) is 36.7 Å². The lowest BCUT2D eigenvalue weighted by Crippen LogP contribution is -2.12. The van der Waals surface area contributed by atoms with Crippen molar-refractivity contribution >= 4 is 0 Å². The molecule has 2 atom stereocenters. The van der Waals surface area contributed by atoms with Gasteiger partial charge in [0, 0.05) is 18.0 Å². The van der Waals surface area contributed by atoms with Gasteiger partial charge in [-0.2, -0.15) is 0 Å². The molecule has 0 saturated heterocycles. The van der Waals surface area contributed by atoms with Gasteiger partial charge < -0.3 is 4.74 Å². The summed E-state index contributed by atoms with van der Waals surface area (Å²) >= 11 is 0. The average molecular weight is 475 g/mol. The first-order valence-corrected chi connectivity index (χ1v) is 13.4. The molecule has 0 bridgehead atoms. The smallest absolute Gasteiger partial charge is 0.159 e. The minimum Gasteiger partial charge on any atom is -0.491 e. The Morgan fingerprint density at radius 3 is 1.91 bits per heavy atom. The average Bonchev–Trinajstić information content (AvgIpc) is 2.87. The Morgan fingerprint density at radius 1 is 0.706 bits per heavy atom. The van der Waals surface area contributed by atoms with E-state index in [9.17, 15) is 8.78 Å². The van der Waals surface area contributed by atoms with Crippen molar-refractivity contribution in [3.63, 3.8) is 0 Å². The highest BCUT2D eigenvalue weighted by atomic mass is 19.1. The van der Waals surface area contributed by atoms with Crippen molar-refractivity contribution in [1.82, 2.24) is 9.97 Å². The fraction of sp³-hybridized carbons (Fsp3) is 0.655. The molecule has 0 spiro atoms. The summed E-state index contributed by atoms with van der Waals surface area (Å²) in [6.07, 6.45) is 15.7. The Kier molecular flexibility index (Phi) is 14.4. The maximum Gasteiger partial charge on any atom is 0.159 e. The zero-order valence-corrected chi connectivity index (χ0v) is 21.3. The van der Waals surface area contributed by atoms with E-state index in [4.69, 9.17) is 4.74 Å². The van der Waals surface area contributed by atoms with Crippen LogP contribution in [0.5, 0.6) is 5.75 Å². The minimum absolute atomic E-state index is 0.0909. The van der Waals surface area contributed by atoms with E-state index in [1.165, 1.54) is 38.5 Å². The number of aromatic nitrogens is 2. The number of halogens is 2. The van der Waals surface area contributed by atoms with Crippen molar-refractivity contribution in [2.45, 2.75) is 116 Å². The Labute approximate surface area is 205 Å². The number of benzene rings is 1. The lowest BCUT2D eigenvalue weighted by Gasteiger charge is -2.11. The van der Waals surface area contributed by atoms with Gasteiger partial charge in [0.15, 0.2) is 5.82 Å². The molecule has 2 aromatic rings. The van der Waals surface area contributed by atoms with Crippen LogP contribution in [-0.4, -0.2) is 28.9 Å². The molecule has 0 amide bonds. The van der Waals surface area contributed by atoms with Gasteiger partial charge in [-0.05, 0) is 55.5 Å². The normalized spacial score (nSPS) is 13.1. The molecule has 0 radical (unpaired) electrons. The molecule has 1 aromatic carbocycles. The van der Waals surface area contributed by atoms with Crippen molar-refractivity contribution in [3.8, 4) is 17.1 Å². The highest BCUT2D eigenvalue weighted by Crippen LogP contribution is 2.21. The van der Waals surface area contributed by atoms with Crippen molar-refractivity contribution < 1.29 is 13.5 Å². The van der Waals surface area contributed by atoms with Gasteiger partial charge in [-0.15, -0.1) is 0 Å². The zero-order chi connectivity index (χ0) is 24.4. The monoisotopic (exact) mass is 474 g/mol. The molecule has 5 heteroatoms. The fourth-order valence-corrected chi connectivity index (χ4v) is 4.01. The number of unbranched alkanes of at least 4 members (excludes halogenated alkanes) is 8. The largest absolute Gasteiger partial charge is 0.491 e. The quantitative estimate of drug-likeness (QED) is 0.191. The lowest BCUT2D eigenvalue weighted by atomic mass is 10.0. The number of hydrogen-bond donors (Lipinski definition) is 0. The van der Waals surface area contributed by atoms with Crippen LogP contribution in [0.25, 0.3) is 11.4 Å². The summed E-state index contributed by atoms with van der Waals surface area (Å²) in [6, 6.07) is 7.44. The summed E-state index contributed by atoms with van der Waals surface area (Å²) in [7, 11) is 0. The number of aryl methyl sites for hydroxylation is 1. The van der Waals surface area contributed by atoms with Gasteiger partial charge in [0.1, 0.15) is 24.7 Å². The molecule has 0 aliphatic heterocycles. The number of alkyl halides is 2. The van der Waals surface area contributed by atoms with E-state index in [-0.39, 0.29) is 6.61 Å². The Morgan fingerprint density at radius 2 is 1.26 bits per heavy atom. The van der Waals surface area contributed by atoms with Gasteiger partial charge in [0.2, 0.25) is 0 Å². The molecule has 3 nitrogen and oxygen atoms in total. The molecule has 0 aliphatic carbocycles. The van der Waals surface area contributed by atoms with Crippen LogP contribution >= 0.6 is 0 Å². The van der Waals surface area contributed by atoms with Crippen LogP contribution in [0.3, 0.4) is 0 Å². The van der Waals surface area contributed by atoms with Crippen molar-refractivity contribution in [2.75, 3.05) is 6.61 Å². The predicted octanol–water partition coefficient (Wildman–Crippen LogP) is 8.85. The molecule has 2 unspecified atom stereocenters. The minimum atomic E-state index is -0.929. The summed E-state index contributed by atoms with van der Waals surface area (Å²) in [4.78, 5) is 8.89. The summed E-state index contributed by atoms with van der Waals surface area (Å²) in [5.41, 5.74) is 1.83. The van der Waals surface area contributed by atoms with E-state index >= 15 is 0 Å². The molecule has 0 aliphatic rings. The van der Waals surface area contributed by atoms with Crippen molar-refractivity contribution in [3.05, 3.63) is 42.2 Å². The van der Waals surface area contributed by atoms with Crippen molar-refractivity contribution in [2.24, 2.45) is 0 Å². The summed E-state index contributed by atoms with van der Waals surface area (Å²) in [5.74, 6) is 1.27. The highest BCUT2D eigenvalue weighted by Gasteiger charge is 2.10. The maximum absolute atomic E-state index is 14.1. The Balaban J connectivity index is 1.68. The summed E-state index contributed by atoms with van der Waals surface area (Å²) in [6.45, 7) is 4.46. The molecule has 0 saturated carbocycles. The van der Waals surface area contributed by atoms with Crippen LogP contribution < -0.4 is 4.74 Å². The van der Waals surface area contributed by atoms with E-state index in [2.05, 4.69) is 23.8 Å². The van der Waals surface area contributed by atoms with E-state index in [0.29, 0.717) is 37.3 Å². The molecule has 0 fully saturated rings. The number of nitrogens with zero attached hydrogens (tertiary/aromatic N) is 2. The summed E-state index contributed by atoms with van der Waals surface area (Å²) < 4.78 is 33.8. The second-order valence-electron chi connectivity index (χ2n) is 9.39. The third-order valence-electron chi connectivity index (χ3n) is 6.24. The molecule has 1 aromatic heterocycles. The van der Waals surface area contributed by atoms with Crippen LogP contribution in [0.1, 0.15) is 103 Å². The molecule has 0 N–H and O–H groups in total. The second-order valence-corrected chi connectivity index (χ2v) is 9.39. The van der Waals surface area contributed by atoms with E-state index in [1.807, 2.05) is 24.3 Å². The first-order valence-electron chi connectivity index (χ1n) is 13.4. The summed E-state index contributed by atoms with van der Waals surface area (Å²) in [5, 5.41) is 0. The van der Waals surface area contributed by atoms with E-state index in [0.717, 1.165) is 36.8 Å². The van der Waals surface area contributed by atoms with E-state index < -0.39 is 12.3 Å². The first-order chi connectivity index (χ1) is 16.6. The third kappa shape index (κ3) is 11.9. The second kappa shape index (κ2) is 17.4. The highest BCUT2D eigenvalue weighted by molar-refractivity contribution is 5.55. The van der Waals surface area contributed by atoms with Crippen LogP contribution in [0.2, 0.25) is 0 Å². The SMILES string of the molecule is CCCCCCCCC(F)COc1ccc(-c2ncc(CCC(F)CCCCCC)cn2)cc1. The molecular weight excluding hydrogens is 430 g/mol. The first kappa shape index (κ1) is 28.2. The number of rotatable bonds is 19. The maximum atomic E-state index is 14.1. The fourth-order valence-electron chi connectivity index (χ4n) is 4.01. The van der Waals surface area contributed by atoms with Crippen LogP contribution in [0, 0.1) is 0 Å². The third-order valence-corrected chi connectivity index (χ3v) is 6.24. The van der Waals surface area contributed by atoms with Crippen LogP contribution in [0.4, 0.5) is 8.78 Å². The van der Waals surface area contributed by atoms with Crippen LogP contribution in [-0.2, 0) is 6.42 Å². The van der Waals surface area contributed by atoms with Gasteiger partial charge >= 0.3 is 0 Å². The number of ether oxygens (including phenoxy) is 1. The molecule has 190 valence electrons. The van der Waals surface area contributed by atoms with Gasteiger partial charge in [0.25, 0.3) is 0 Å². The standard InChI is InChI=1S/C29H44F2N2O/c1-3-5-7-9-10-12-14-27(31)23-34-28-19-16-25(17-20-28)29-32-21-24(22-33-29)15-18-26(30)13-11-8-6-4-2/h16-17,19-22,26-27H,3-15,18,23H2,1-2H3. The Hall–Kier alpha value is -2.04. The van der Waals surface area contributed by atoms with Gasteiger partial charge in [-0.1, -0.05) is 78.1 Å².